The van der Waals surface area contributed by atoms with Gasteiger partial charge in [0.25, 0.3) is 0 Å². The molecule has 0 saturated carbocycles. The fourth-order valence-corrected chi connectivity index (χ4v) is 1.90. The molecule has 0 radical (unpaired) electrons. The molecule has 84 valence electrons. The van der Waals surface area contributed by atoms with Crippen molar-refractivity contribution in [3.63, 3.8) is 0 Å². The summed E-state index contributed by atoms with van der Waals surface area (Å²) in [6, 6.07) is 4.79. The lowest BCUT2D eigenvalue weighted by atomic mass is 10.1. The van der Waals surface area contributed by atoms with Crippen LogP contribution < -0.4 is 0 Å². The van der Waals surface area contributed by atoms with Gasteiger partial charge in [0, 0.05) is 18.4 Å². The lowest BCUT2D eigenvalue weighted by molar-refractivity contribution is 0.0773. The van der Waals surface area contributed by atoms with Gasteiger partial charge in [-0.25, -0.2) is 0 Å². The summed E-state index contributed by atoms with van der Waals surface area (Å²) in [4.78, 5) is 6.54. The average Bonchev–Trinajstić information content (AvgIpc) is 2.67. The van der Waals surface area contributed by atoms with E-state index in [-0.39, 0.29) is 0 Å². The van der Waals surface area contributed by atoms with E-state index in [0.29, 0.717) is 6.04 Å². The summed E-state index contributed by atoms with van der Waals surface area (Å²) in [5.74, 6) is 0. The maximum atomic E-state index is 7.12. The van der Waals surface area contributed by atoms with E-state index >= 15 is 0 Å². The van der Waals surface area contributed by atoms with Gasteiger partial charge in [0.15, 0.2) is 0 Å². The van der Waals surface area contributed by atoms with Crippen LogP contribution in [0.4, 0.5) is 0 Å². The van der Waals surface area contributed by atoms with Crippen molar-refractivity contribution < 1.29 is 10.2 Å². The zero-order valence-electron chi connectivity index (χ0n) is 9.00. The van der Waals surface area contributed by atoms with Crippen LogP contribution in [0.1, 0.15) is 24.4 Å². The first-order chi connectivity index (χ1) is 7.29. The standard InChI is InChI=1S/C10H14N2.CH4O2/c1-12-7-3-5-10(12)9-4-2-6-11-8-9;2-1-3/h2,4,6,8,10H,3,5,7H2,1H3;2-3H,1H2. The third kappa shape index (κ3) is 3.58. The zero-order valence-corrected chi connectivity index (χ0v) is 9.00. The number of rotatable bonds is 1. The number of hydrogen-bond acceptors (Lipinski definition) is 4. The summed E-state index contributed by atoms with van der Waals surface area (Å²) in [5, 5.41) is 14.2. The molecule has 0 aliphatic carbocycles. The Bertz CT molecular complexity index is 267. The zero-order chi connectivity index (χ0) is 11.1. The molecule has 0 spiro atoms. The van der Waals surface area contributed by atoms with Crippen LogP contribution in [0.2, 0.25) is 0 Å². The second-order valence-corrected chi connectivity index (χ2v) is 3.57. The van der Waals surface area contributed by atoms with Crippen LogP contribution in [0.5, 0.6) is 0 Å². The van der Waals surface area contributed by atoms with Gasteiger partial charge in [-0.15, -0.1) is 0 Å². The first-order valence-corrected chi connectivity index (χ1v) is 5.11. The molecule has 1 aromatic rings. The molecule has 1 atom stereocenters. The summed E-state index contributed by atoms with van der Waals surface area (Å²) >= 11 is 0. The highest BCUT2D eigenvalue weighted by atomic mass is 16.5. The molecule has 1 aliphatic rings. The molecule has 2 rings (SSSR count). The van der Waals surface area contributed by atoms with Gasteiger partial charge in [-0.05, 0) is 38.1 Å². The van der Waals surface area contributed by atoms with Crippen molar-refractivity contribution in [2.45, 2.75) is 18.9 Å². The van der Waals surface area contributed by atoms with E-state index in [9.17, 15) is 0 Å². The summed E-state index contributed by atoms with van der Waals surface area (Å²) < 4.78 is 0. The molecule has 15 heavy (non-hydrogen) atoms. The van der Waals surface area contributed by atoms with Crippen LogP contribution in [-0.4, -0.2) is 40.5 Å². The van der Waals surface area contributed by atoms with E-state index in [0.717, 1.165) is 0 Å². The van der Waals surface area contributed by atoms with Crippen molar-refractivity contribution in [1.82, 2.24) is 9.88 Å². The van der Waals surface area contributed by atoms with E-state index in [2.05, 4.69) is 23.0 Å². The molecule has 1 saturated heterocycles. The molecule has 1 fully saturated rings. The maximum absolute atomic E-state index is 7.12. The molecule has 1 unspecified atom stereocenters. The van der Waals surface area contributed by atoms with E-state index in [1.807, 2.05) is 18.5 Å². The van der Waals surface area contributed by atoms with Crippen LogP contribution in [0.25, 0.3) is 0 Å². The monoisotopic (exact) mass is 210 g/mol. The lowest BCUT2D eigenvalue weighted by Crippen LogP contribution is -2.17. The SMILES string of the molecule is CN1CCCC1c1cccnc1.OCO. The molecule has 1 aliphatic heterocycles. The van der Waals surface area contributed by atoms with Crippen molar-refractivity contribution in [3.8, 4) is 0 Å². The van der Waals surface area contributed by atoms with Gasteiger partial charge in [0.2, 0.25) is 0 Å². The highest BCUT2D eigenvalue weighted by Crippen LogP contribution is 2.29. The number of aromatic nitrogens is 1. The second-order valence-electron chi connectivity index (χ2n) is 3.57. The predicted octanol–water partition coefficient (Wildman–Crippen LogP) is 0.777. The Balaban J connectivity index is 0.000000337. The Labute approximate surface area is 90.2 Å². The van der Waals surface area contributed by atoms with E-state index in [1.165, 1.54) is 24.9 Å². The molecule has 0 aromatic carbocycles. The maximum Gasteiger partial charge on any atom is 0.140 e. The summed E-state index contributed by atoms with van der Waals surface area (Å²) in [5.41, 5.74) is 1.36. The Morgan fingerprint density at radius 3 is 2.73 bits per heavy atom. The molecule has 2 N–H and O–H groups in total. The Morgan fingerprint density at radius 1 is 1.53 bits per heavy atom. The third-order valence-electron chi connectivity index (χ3n) is 2.59. The minimum Gasteiger partial charge on any atom is -0.371 e. The summed E-state index contributed by atoms with van der Waals surface area (Å²) in [6.07, 6.45) is 6.41. The van der Waals surface area contributed by atoms with Crippen LogP contribution >= 0.6 is 0 Å². The molecular formula is C11H18N2O2. The van der Waals surface area contributed by atoms with Gasteiger partial charge >= 0.3 is 0 Å². The van der Waals surface area contributed by atoms with Crippen molar-refractivity contribution in [2.75, 3.05) is 20.4 Å². The lowest BCUT2D eigenvalue weighted by Gasteiger charge is -2.18. The Hall–Kier alpha value is -0.970. The Morgan fingerprint density at radius 2 is 2.27 bits per heavy atom. The molecular weight excluding hydrogens is 192 g/mol. The van der Waals surface area contributed by atoms with Crippen LogP contribution in [-0.2, 0) is 0 Å². The molecule has 2 heterocycles. The molecule has 0 amide bonds. The third-order valence-corrected chi connectivity index (χ3v) is 2.59. The fraction of sp³-hybridized carbons (Fsp3) is 0.545. The number of likely N-dealkylation sites (tertiary alicyclic amines) is 1. The largest absolute Gasteiger partial charge is 0.371 e. The summed E-state index contributed by atoms with van der Waals surface area (Å²) in [7, 11) is 2.19. The van der Waals surface area contributed by atoms with Crippen molar-refractivity contribution in [3.05, 3.63) is 30.1 Å². The Kier molecular flexibility index (Phi) is 5.25. The number of pyridine rings is 1. The molecule has 1 aromatic heterocycles. The smallest absolute Gasteiger partial charge is 0.140 e. The van der Waals surface area contributed by atoms with Crippen LogP contribution in [0, 0.1) is 0 Å². The number of nitrogens with zero attached hydrogens (tertiary/aromatic N) is 2. The number of aliphatic hydroxyl groups is 2. The van der Waals surface area contributed by atoms with E-state index < -0.39 is 6.79 Å². The van der Waals surface area contributed by atoms with Gasteiger partial charge in [0.1, 0.15) is 6.79 Å². The number of aliphatic hydroxyl groups excluding tert-OH is 1. The normalized spacial score (nSPS) is 20.9. The van der Waals surface area contributed by atoms with E-state index in [4.69, 9.17) is 10.2 Å². The minimum atomic E-state index is -0.750. The first kappa shape index (κ1) is 12.1. The van der Waals surface area contributed by atoms with Crippen molar-refractivity contribution >= 4 is 0 Å². The average molecular weight is 210 g/mol. The molecule has 4 heteroatoms. The number of hydrogen-bond donors (Lipinski definition) is 2. The van der Waals surface area contributed by atoms with Gasteiger partial charge < -0.3 is 10.2 Å². The predicted molar refractivity (Wildman–Crippen MR) is 58.1 cm³/mol. The quantitative estimate of drug-likeness (QED) is 0.672. The molecule has 0 bridgehead atoms. The van der Waals surface area contributed by atoms with E-state index in [1.54, 1.807) is 0 Å². The highest BCUT2D eigenvalue weighted by molar-refractivity contribution is 5.14. The van der Waals surface area contributed by atoms with Crippen LogP contribution in [0.3, 0.4) is 0 Å². The highest BCUT2D eigenvalue weighted by Gasteiger charge is 2.21. The fourth-order valence-electron chi connectivity index (χ4n) is 1.90. The first-order valence-electron chi connectivity index (χ1n) is 5.11. The van der Waals surface area contributed by atoms with Crippen molar-refractivity contribution in [1.29, 1.82) is 0 Å². The second kappa shape index (κ2) is 6.50. The van der Waals surface area contributed by atoms with Gasteiger partial charge in [0.05, 0.1) is 0 Å². The summed E-state index contributed by atoms with van der Waals surface area (Å²) in [6.45, 7) is 0.472. The van der Waals surface area contributed by atoms with Gasteiger partial charge in [-0.1, -0.05) is 6.07 Å². The van der Waals surface area contributed by atoms with Crippen LogP contribution in [0.15, 0.2) is 24.5 Å². The molecule has 4 nitrogen and oxygen atoms in total. The van der Waals surface area contributed by atoms with Gasteiger partial charge in [-0.2, -0.15) is 0 Å². The minimum absolute atomic E-state index is 0.610. The topological polar surface area (TPSA) is 56.6 Å². The van der Waals surface area contributed by atoms with Crippen molar-refractivity contribution in [2.24, 2.45) is 0 Å². The van der Waals surface area contributed by atoms with Gasteiger partial charge in [-0.3, -0.25) is 9.88 Å².